The number of nitrogens with one attached hydrogen (secondary N) is 1. The van der Waals surface area contributed by atoms with Crippen LogP contribution in [-0.2, 0) is 11.8 Å². The Kier molecular flexibility index (Phi) is 2.85. The van der Waals surface area contributed by atoms with Crippen LogP contribution in [0.5, 0.6) is 0 Å². The molecule has 1 fully saturated rings. The first-order valence-electron chi connectivity index (χ1n) is 6.51. The van der Waals surface area contributed by atoms with Gasteiger partial charge in [0.25, 0.3) is 0 Å². The fourth-order valence-corrected chi connectivity index (χ4v) is 2.39. The van der Waals surface area contributed by atoms with E-state index in [9.17, 15) is 4.79 Å². The summed E-state index contributed by atoms with van der Waals surface area (Å²) in [5.41, 5.74) is 2.28. The van der Waals surface area contributed by atoms with Crippen molar-refractivity contribution in [2.24, 2.45) is 13.0 Å². The van der Waals surface area contributed by atoms with Crippen molar-refractivity contribution in [2.75, 3.05) is 5.32 Å². The zero-order chi connectivity index (χ0) is 13.4. The Morgan fingerprint density at radius 3 is 2.74 bits per heavy atom. The zero-order valence-corrected chi connectivity index (χ0v) is 11.1. The lowest BCUT2D eigenvalue weighted by Crippen LogP contribution is -2.15. The zero-order valence-electron chi connectivity index (χ0n) is 11.1. The number of rotatable bonds is 3. The maximum Gasteiger partial charge on any atom is 0.229 e. The molecule has 1 amide bonds. The lowest BCUT2D eigenvalue weighted by Gasteiger charge is -2.01. The summed E-state index contributed by atoms with van der Waals surface area (Å²) in [6.07, 6.45) is 0.932. The number of carbonyl (C=O) groups excluding carboxylic acids is 1. The molecule has 1 aliphatic carbocycles. The van der Waals surface area contributed by atoms with Gasteiger partial charge < -0.3 is 5.32 Å². The molecular weight excluding hydrogens is 238 g/mol. The number of hydrogen-bond acceptors (Lipinski definition) is 2. The van der Waals surface area contributed by atoms with Crippen molar-refractivity contribution < 1.29 is 4.79 Å². The summed E-state index contributed by atoms with van der Waals surface area (Å²) < 4.78 is 1.76. The van der Waals surface area contributed by atoms with Crippen molar-refractivity contribution in [3.63, 3.8) is 0 Å². The normalized spacial score (nSPS) is 21.2. The van der Waals surface area contributed by atoms with Crippen LogP contribution >= 0.6 is 0 Å². The van der Waals surface area contributed by atoms with E-state index in [2.05, 4.69) is 22.5 Å². The minimum Gasteiger partial charge on any atom is -0.309 e. The quantitative estimate of drug-likeness (QED) is 0.915. The SMILES string of the molecule is Cc1cc(NC(=O)[C@@H]2C[C@@H]2c2ccccc2)nn1C. The summed E-state index contributed by atoms with van der Waals surface area (Å²) in [6, 6.07) is 12.1. The van der Waals surface area contributed by atoms with Gasteiger partial charge in [-0.25, -0.2) is 0 Å². The summed E-state index contributed by atoms with van der Waals surface area (Å²) in [6.45, 7) is 1.96. The summed E-state index contributed by atoms with van der Waals surface area (Å²) in [4.78, 5) is 12.1. The van der Waals surface area contributed by atoms with Crippen LogP contribution in [0.25, 0.3) is 0 Å². The van der Waals surface area contributed by atoms with E-state index < -0.39 is 0 Å². The van der Waals surface area contributed by atoms with Crippen molar-refractivity contribution >= 4 is 11.7 Å². The third-order valence-electron chi connectivity index (χ3n) is 3.72. The smallest absolute Gasteiger partial charge is 0.229 e. The van der Waals surface area contributed by atoms with Gasteiger partial charge in [0.05, 0.1) is 0 Å². The average Bonchev–Trinajstić information content (AvgIpc) is 3.14. The number of hydrogen-bond donors (Lipinski definition) is 1. The van der Waals surface area contributed by atoms with E-state index in [1.54, 1.807) is 4.68 Å². The lowest BCUT2D eigenvalue weighted by atomic mass is 10.1. The predicted molar refractivity (Wildman–Crippen MR) is 73.9 cm³/mol. The number of amides is 1. The molecule has 0 spiro atoms. The van der Waals surface area contributed by atoms with E-state index in [4.69, 9.17) is 0 Å². The van der Waals surface area contributed by atoms with Gasteiger partial charge >= 0.3 is 0 Å². The number of anilines is 1. The molecule has 1 N–H and O–H groups in total. The molecular formula is C15H17N3O. The first-order valence-corrected chi connectivity index (χ1v) is 6.51. The van der Waals surface area contributed by atoms with Gasteiger partial charge in [-0.2, -0.15) is 5.10 Å². The van der Waals surface area contributed by atoms with Gasteiger partial charge in [-0.3, -0.25) is 9.48 Å². The van der Waals surface area contributed by atoms with Gasteiger partial charge in [-0.1, -0.05) is 30.3 Å². The molecule has 19 heavy (non-hydrogen) atoms. The van der Waals surface area contributed by atoms with Crippen LogP contribution in [0.1, 0.15) is 23.6 Å². The predicted octanol–water partition coefficient (Wildman–Crippen LogP) is 2.47. The number of aromatic nitrogens is 2. The molecule has 0 saturated heterocycles. The third kappa shape index (κ3) is 2.38. The highest BCUT2D eigenvalue weighted by atomic mass is 16.2. The lowest BCUT2D eigenvalue weighted by molar-refractivity contribution is -0.117. The molecule has 2 aromatic rings. The van der Waals surface area contributed by atoms with Crippen LogP contribution in [-0.4, -0.2) is 15.7 Å². The Morgan fingerprint density at radius 1 is 1.37 bits per heavy atom. The largest absolute Gasteiger partial charge is 0.309 e. The van der Waals surface area contributed by atoms with Crippen LogP contribution in [0.3, 0.4) is 0 Å². The summed E-state index contributed by atoms with van der Waals surface area (Å²) >= 11 is 0. The molecule has 1 saturated carbocycles. The van der Waals surface area contributed by atoms with Crippen molar-refractivity contribution in [3.05, 3.63) is 47.7 Å². The van der Waals surface area contributed by atoms with Crippen molar-refractivity contribution in [2.45, 2.75) is 19.3 Å². The summed E-state index contributed by atoms with van der Waals surface area (Å²) in [5.74, 6) is 1.17. The Bertz CT molecular complexity index is 584. The average molecular weight is 255 g/mol. The summed E-state index contributed by atoms with van der Waals surface area (Å²) in [7, 11) is 1.87. The molecule has 0 bridgehead atoms. The molecule has 0 unspecified atom stereocenters. The van der Waals surface area contributed by atoms with Crippen LogP contribution in [0.2, 0.25) is 0 Å². The molecule has 1 aromatic carbocycles. The second kappa shape index (κ2) is 4.53. The summed E-state index contributed by atoms with van der Waals surface area (Å²) in [5, 5.41) is 7.14. The first kappa shape index (κ1) is 12.0. The second-order valence-electron chi connectivity index (χ2n) is 5.14. The van der Waals surface area contributed by atoms with E-state index in [-0.39, 0.29) is 11.8 Å². The third-order valence-corrected chi connectivity index (χ3v) is 3.72. The topological polar surface area (TPSA) is 46.9 Å². The van der Waals surface area contributed by atoms with Crippen molar-refractivity contribution in [1.82, 2.24) is 9.78 Å². The van der Waals surface area contributed by atoms with Crippen LogP contribution < -0.4 is 5.32 Å². The highest BCUT2D eigenvalue weighted by molar-refractivity contribution is 5.94. The second-order valence-corrected chi connectivity index (χ2v) is 5.14. The fourth-order valence-electron chi connectivity index (χ4n) is 2.39. The van der Waals surface area contributed by atoms with Crippen molar-refractivity contribution in [3.8, 4) is 0 Å². The molecule has 1 heterocycles. The molecule has 4 heteroatoms. The number of nitrogens with zero attached hydrogens (tertiary/aromatic N) is 2. The van der Waals surface area contributed by atoms with Crippen LogP contribution in [0.4, 0.5) is 5.82 Å². The van der Waals surface area contributed by atoms with E-state index >= 15 is 0 Å². The standard InChI is InChI=1S/C15H17N3O/c1-10-8-14(17-18(10)2)16-15(19)13-9-12(13)11-6-4-3-5-7-11/h3-8,12-13H,9H2,1-2H3,(H,16,17,19)/t12-,13-/m1/s1. The van der Waals surface area contributed by atoms with Gasteiger partial charge in [-0.15, -0.1) is 0 Å². The van der Waals surface area contributed by atoms with Crippen molar-refractivity contribution in [1.29, 1.82) is 0 Å². The van der Waals surface area contributed by atoms with Crippen LogP contribution in [0, 0.1) is 12.8 Å². The highest BCUT2D eigenvalue weighted by Gasteiger charge is 2.43. The first-order chi connectivity index (χ1) is 9.15. The number of benzene rings is 1. The molecule has 0 radical (unpaired) electrons. The fraction of sp³-hybridized carbons (Fsp3) is 0.333. The molecule has 2 atom stereocenters. The van der Waals surface area contributed by atoms with Gasteiger partial charge in [-0.05, 0) is 24.8 Å². The van der Waals surface area contributed by atoms with Gasteiger partial charge in [0, 0.05) is 24.7 Å². The Labute approximate surface area is 112 Å². The molecule has 1 aromatic heterocycles. The molecule has 98 valence electrons. The number of carbonyl (C=O) groups is 1. The Balaban J connectivity index is 1.64. The molecule has 0 aliphatic heterocycles. The molecule has 4 nitrogen and oxygen atoms in total. The van der Waals surface area contributed by atoms with E-state index in [0.717, 1.165) is 12.1 Å². The maximum atomic E-state index is 12.1. The maximum absolute atomic E-state index is 12.1. The van der Waals surface area contributed by atoms with Crippen LogP contribution in [0.15, 0.2) is 36.4 Å². The Hall–Kier alpha value is -2.10. The molecule has 3 rings (SSSR count). The van der Waals surface area contributed by atoms with Gasteiger partial charge in [0.2, 0.25) is 5.91 Å². The highest BCUT2D eigenvalue weighted by Crippen LogP contribution is 2.47. The molecule has 1 aliphatic rings. The minimum absolute atomic E-state index is 0.0759. The van der Waals surface area contributed by atoms with E-state index in [1.807, 2.05) is 38.2 Å². The van der Waals surface area contributed by atoms with E-state index in [0.29, 0.717) is 11.7 Å². The number of aryl methyl sites for hydroxylation is 2. The minimum atomic E-state index is 0.0759. The van der Waals surface area contributed by atoms with Gasteiger partial charge in [0.15, 0.2) is 5.82 Å². The monoisotopic (exact) mass is 255 g/mol. The van der Waals surface area contributed by atoms with E-state index in [1.165, 1.54) is 5.56 Å². The van der Waals surface area contributed by atoms with Gasteiger partial charge in [0.1, 0.15) is 0 Å². The Morgan fingerprint density at radius 2 is 2.11 bits per heavy atom.